The Hall–Kier alpha value is -6.96. The number of esters is 4. The summed E-state index contributed by atoms with van der Waals surface area (Å²) in [6.45, 7) is 0. The molecule has 0 aliphatic rings. The predicted octanol–water partition coefficient (Wildman–Crippen LogP) is 5.05. The maximum Gasteiger partial charge on any atom is 0.338 e. The highest BCUT2D eigenvalue weighted by Gasteiger charge is 2.23. The third-order valence-corrected chi connectivity index (χ3v) is 7.13. The molecule has 0 aromatic heterocycles. The molecule has 0 aliphatic carbocycles. The molecule has 0 N–H and O–H groups in total. The van der Waals surface area contributed by atoms with E-state index in [2.05, 4.69) is 35.5 Å². The molecule has 50 heavy (non-hydrogen) atoms. The predicted molar refractivity (Wildman–Crippen MR) is 182 cm³/mol. The Morgan fingerprint density at radius 3 is 0.840 bits per heavy atom. The van der Waals surface area contributed by atoms with E-state index in [1.54, 1.807) is 62.8 Å². The second-order valence-electron chi connectivity index (χ2n) is 10.1. The lowest BCUT2D eigenvalue weighted by Gasteiger charge is -2.10. The second kappa shape index (κ2) is 16.7. The first-order valence-electron chi connectivity index (χ1n) is 14.7. The maximum atomic E-state index is 12.8. The van der Waals surface area contributed by atoms with Crippen LogP contribution in [0.15, 0.2) is 72.8 Å². The highest BCUT2D eigenvalue weighted by atomic mass is 16.5. The smallest absolute Gasteiger partial charge is 0.338 e. The van der Waals surface area contributed by atoms with Crippen LogP contribution >= 0.6 is 0 Å². The summed E-state index contributed by atoms with van der Waals surface area (Å²) in [5, 5.41) is 0. The van der Waals surface area contributed by atoms with Gasteiger partial charge in [0.2, 0.25) is 0 Å². The van der Waals surface area contributed by atoms with Crippen molar-refractivity contribution in [2.24, 2.45) is 0 Å². The summed E-state index contributed by atoms with van der Waals surface area (Å²) in [6, 6.07) is 19.5. The van der Waals surface area contributed by atoms with Crippen molar-refractivity contribution in [1.82, 2.24) is 0 Å². The quantitative estimate of drug-likeness (QED) is 0.156. The molecule has 0 atom stereocenters. The average Bonchev–Trinajstić information content (AvgIpc) is 3.17. The van der Waals surface area contributed by atoms with Gasteiger partial charge >= 0.3 is 23.9 Å². The fourth-order valence-electron chi connectivity index (χ4n) is 4.49. The van der Waals surface area contributed by atoms with E-state index in [0.717, 1.165) is 0 Å². The van der Waals surface area contributed by atoms with Crippen LogP contribution in [0.5, 0.6) is 11.5 Å². The normalized spacial score (nSPS) is 9.64. The van der Waals surface area contributed by atoms with Gasteiger partial charge in [0, 0.05) is 33.4 Å². The van der Waals surface area contributed by atoms with E-state index >= 15 is 0 Å². The highest BCUT2D eigenvalue weighted by molar-refractivity contribution is 6.05. The van der Waals surface area contributed by atoms with Gasteiger partial charge in [-0.25, -0.2) is 19.2 Å². The molecule has 4 aromatic carbocycles. The van der Waals surface area contributed by atoms with Gasteiger partial charge in [0.15, 0.2) is 0 Å². The first kappa shape index (κ1) is 35.9. The van der Waals surface area contributed by atoms with E-state index < -0.39 is 23.9 Å². The second-order valence-corrected chi connectivity index (χ2v) is 10.1. The van der Waals surface area contributed by atoms with Crippen molar-refractivity contribution in [3.05, 3.63) is 128 Å². The summed E-state index contributed by atoms with van der Waals surface area (Å²) in [7, 11) is 7.83. The van der Waals surface area contributed by atoms with Crippen LogP contribution < -0.4 is 9.47 Å². The third-order valence-electron chi connectivity index (χ3n) is 7.13. The van der Waals surface area contributed by atoms with Gasteiger partial charge in [-0.15, -0.1) is 0 Å². The van der Waals surface area contributed by atoms with Crippen molar-refractivity contribution in [3.63, 3.8) is 0 Å². The molecule has 0 fully saturated rings. The van der Waals surface area contributed by atoms with Crippen LogP contribution in [0.3, 0.4) is 0 Å². The summed E-state index contributed by atoms with van der Waals surface area (Å²) in [5.41, 5.74) is 1.96. The average molecular weight is 671 g/mol. The standard InChI is InChI=1S/C40H30O10/c1-45-31-17-9-25(10-18-31)7-13-27-21-33(37(41)47-3)35(39(43)49-5)23-29(27)15-16-30-24-36(40(44)50-6)34(38(42)48-4)22-28(30)14-8-26-11-19-32(46-2)20-12-26/h9-12,17-24H,1-6H3. The minimum atomic E-state index is -0.801. The van der Waals surface area contributed by atoms with Gasteiger partial charge in [0.05, 0.1) is 64.9 Å². The Morgan fingerprint density at radius 2 is 0.620 bits per heavy atom. The molecule has 0 bridgehead atoms. The van der Waals surface area contributed by atoms with E-state index in [9.17, 15) is 19.2 Å². The summed E-state index contributed by atoms with van der Waals surface area (Å²) in [5.74, 6) is 16.2. The van der Waals surface area contributed by atoms with Crippen molar-refractivity contribution in [2.75, 3.05) is 42.7 Å². The fraction of sp³-hybridized carbons (Fsp3) is 0.150. The monoisotopic (exact) mass is 670 g/mol. The Morgan fingerprint density at radius 1 is 0.380 bits per heavy atom. The molecule has 0 radical (unpaired) electrons. The molecular formula is C40H30O10. The SMILES string of the molecule is COC(=O)c1cc(C#Cc2ccc(OC)cc2)c(C#Cc2cc(C(=O)OC)c(C(=O)OC)cc2C#Cc2ccc(OC)cc2)cc1C(=O)OC. The molecule has 0 aliphatic heterocycles. The van der Waals surface area contributed by atoms with Gasteiger partial charge in [-0.3, -0.25) is 0 Å². The van der Waals surface area contributed by atoms with E-state index in [0.29, 0.717) is 22.6 Å². The topological polar surface area (TPSA) is 124 Å². The number of benzene rings is 4. The van der Waals surface area contributed by atoms with Crippen LogP contribution in [0.25, 0.3) is 0 Å². The zero-order valence-electron chi connectivity index (χ0n) is 28.0. The number of hydrogen-bond donors (Lipinski definition) is 0. The minimum absolute atomic E-state index is 0.0783. The molecule has 0 unspecified atom stereocenters. The maximum absolute atomic E-state index is 12.8. The van der Waals surface area contributed by atoms with Crippen LogP contribution in [-0.2, 0) is 18.9 Å². The molecule has 250 valence electrons. The molecule has 0 saturated heterocycles. The van der Waals surface area contributed by atoms with Gasteiger partial charge in [0.25, 0.3) is 0 Å². The summed E-state index contributed by atoms with van der Waals surface area (Å²) in [6.07, 6.45) is 0. The lowest BCUT2D eigenvalue weighted by atomic mass is 9.96. The molecule has 0 spiro atoms. The number of ether oxygens (including phenoxy) is 6. The van der Waals surface area contributed by atoms with E-state index in [4.69, 9.17) is 28.4 Å². The number of carbonyl (C=O) groups is 4. The molecular weight excluding hydrogens is 640 g/mol. The Kier molecular flexibility index (Phi) is 12.0. The Bertz CT molecular complexity index is 1990. The Labute approximate surface area is 289 Å². The van der Waals surface area contributed by atoms with Crippen molar-refractivity contribution in [1.29, 1.82) is 0 Å². The molecule has 4 rings (SSSR count). The van der Waals surface area contributed by atoms with Crippen LogP contribution in [0, 0.1) is 35.5 Å². The molecule has 0 heterocycles. The zero-order valence-corrected chi connectivity index (χ0v) is 28.0. The summed E-state index contributed by atoms with van der Waals surface area (Å²) < 4.78 is 30.1. The molecule has 0 amide bonds. The minimum Gasteiger partial charge on any atom is -0.497 e. The van der Waals surface area contributed by atoms with Crippen LogP contribution in [-0.4, -0.2) is 66.5 Å². The lowest BCUT2D eigenvalue weighted by molar-refractivity contribution is 0.0555. The van der Waals surface area contributed by atoms with Crippen molar-refractivity contribution in [2.45, 2.75) is 0 Å². The first-order chi connectivity index (χ1) is 24.1. The van der Waals surface area contributed by atoms with Gasteiger partial charge < -0.3 is 28.4 Å². The first-order valence-corrected chi connectivity index (χ1v) is 14.7. The van der Waals surface area contributed by atoms with Crippen molar-refractivity contribution < 1.29 is 47.6 Å². The highest BCUT2D eigenvalue weighted by Crippen LogP contribution is 2.22. The molecule has 4 aromatic rings. The number of hydrogen-bond acceptors (Lipinski definition) is 10. The fourth-order valence-corrected chi connectivity index (χ4v) is 4.49. The summed E-state index contributed by atoms with van der Waals surface area (Å²) >= 11 is 0. The van der Waals surface area contributed by atoms with Crippen molar-refractivity contribution >= 4 is 23.9 Å². The molecule has 0 saturated carbocycles. The van der Waals surface area contributed by atoms with Crippen LogP contribution in [0.2, 0.25) is 0 Å². The molecule has 10 nitrogen and oxygen atoms in total. The van der Waals surface area contributed by atoms with Gasteiger partial charge in [0.1, 0.15) is 11.5 Å². The van der Waals surface area contributed by atoms with E-state index in [1.165, 1.54) is 52.7 Å². The summed E-state index contributed by atoms with van der Waals surface area (Å²) in [4.78, 5) is 51.0. The van der Waals surface area contributed by atoms with Gasteiger partial charge in [-0.2, -0.15) is 0 Å². The third kappa shape index (κ3) is 8.49. The lowest BCUT2D eigenvalue weighted by Crippen LogP contribution is -2.13. The Balaban J connectivity index is 1.99. The molecule has 10 heteroatoms. The van der Waals surface area contributed by atoms with E-state index in [1.807, 2.05) is 0 Å². The van der Waals surface area contributed by atoms with E-state index in [-0.39, 0.29) is 44.5 Å². The van der Waals surface area contributed by atoms with Crippen LogP contribution in [0.4, 0.5) is 0 Å². The number of carbonyl (C=O) groups excluding carboxylic acids is 4. The zero-order chi connectivity index (χ0) is 36.2. The van der Waals surface area contributed by atoms with Crippen molar-refractivity contribution in [3.8, 4) is 47.0 Å². The number of rotatable bonds is 6. The van der Waals surface area contributed by atoms with Gasteiger partial charge in [-0.05, 0) is 72.8 Å². The van der Waals surface area contributed by atoms with Crippen LogP contribution in [0.1, 0.15) is 74.8 Å². The van der Waals surface area contributed by atoms with Gasteiger partial charge in [-0.1, -0.05) is 35.5 Å². The number of methoxy groups -OCH3 is 6. The largest absolute Gasteiger partial charge is 0.497 e.